The molecule has 3 N–H and O–H groups in total. The molecule has 0 heterocycles. The van der Waals surface area contributed by atoms with Crippen molar-refractivity contribution in [3.05, 3.63) is 0 Å². The van der Waals surface area contributed by atoms with E-state index in [0.29, 0.717) is 18.4 Å². The molecule has 15 heavy (non-hydrogen) atoms. The first kappa shape index (κ1) is 13.7. The minimum atomic E-state index is -1.04. The topological polar surface area (TPSA) is 78.4 Å². The molecule has 0 saturated heterocycles. The fraction of sp³-hybridized carbons (Fsp3) is 0.800. The van der Waals surface area contributed by atoms with Crippen molar-refractivity contribution in [2.75, 3.05) is 6.54 Å². The van der Waals surface area contributed by atoms with Gasteiger partial charge < -0.3 is 15.7 Å². The highest BCUT2D eigenvalue weighted by molar-refractivity contribution is 5.82. The van der Waals surface area contributed by atoms with Gasteiger partial charge in [-0.3, -0.25) is 4.79 Å². The summed E-state index contributed by atoms with van der Waals surface area (Å²) in [7, 11) is 0. The molecule has 5 heteroatoms. The highest BCUT2D eigenvalue weighted by atomic mass is 16.4. The molecular weight excluding hydrogens is 196 g/mol. The summed E-state index contributed by atoms with van der Waals surface area (Å²) in [6.45, 7) is 8.16. The van der Waals surface area contributed by atoms with E-state index in [4.69, 9.17) is 5.11 Å². The van der Waals surface area contributed by atoms with Gasteiger partial charge in [-0.25, -0.2) is 4.79 Å². The lowest BCUT2D eigenvalue weighted by Crippen LogP contribution is -2.45. The SMILES string of the molecule is CC(C)C(C)CNC(=O)N[C@@H](C)C(=O)O. The molecule has 0 aliphatic heterocycles. The Morgan fingerprint density at radius 2 is 1.73 bits per heavy atom. The van der Waals surface area contributed by atoms with Crippen LogP contribution in [0.2, 0.25) is 0 Å². The molecule has 0 aliphatic carbocycles. The molecule has 0 aromatic carbocycles. The summed E-state index contributed by atoms with van der Waals surface area (Å²) in [6.07, 6.45) is 0. The van der Waals surface area contributed by atoms with Gasteiger partial charge >= 0.3 is 12.0 Å². The zero-order valence-electron chi connectivity index (χ0n) is 9.70. The first-order chi connectivity index (χ1) is 6.84. The van der Waals surface area contributed by atoms with Gasteiger partial charge in [0, 0.05) is 6.54 Å². The van der Waals surface area contributed by atoms with E-state index in [-0.39, 0.29) is 0 Å². The summed E-state index contributed by atoms with van der Waals surface area (Å²) < 4.78 is 0. The number of rotatable bonds is 5. The Balaban J connectivity index is 3.80. The normalized spacial score (nSPS) is 14.5. The van der Waals surface area contributed by atoms with Gasteiger partial charge in [0.05, 0.1) is 0 Å². The predicted molar refractivity (Wildman–Crippen MR) is 57.6 cm³/mol. The number of carbonyl (C=O) groups is 2. The van der Waals surface area contributed by atoms with Crippen molar-refractivity contribution in [1.82, 2.24) is 10.6 Å². The maximum Gasteiger partial charge on any atom is 0.325 e. The van der Waals surface area contributed by atoms with E-state index in [0.717, 1.165) is 0 Å². The number of nitrogens with one attached hydrogen (secondary N) is 2. The molecule has 0 aromatic rings. The Bertz CT molecular complexity index is 229. The largest absolute Gasteiger partial charge is 0.480 e. The average Bonchev–Trinajstić information content (AvgIpc) is 2.13. The van der Waals surface area contributed by atoms with E-state index < -0.39 is 18.0 Å². The fourth-order valence-corrected chi connectivity index (χ4v) is 0.799. The van der Waals surface area contributed by atoms with E-state index in [1.807, 2.05) is 6.92 Å². The summed E-state index contributed by atoms with van der Waals surface area (Å²) in [5, 5.41) is 13.5. The van der Waals surface area contributed by atoms with Crippen LogP contribution in [0.15, 0.2) is 0 Å². The number of carbonyl (C=O) groups excluding carboxylic acids is 1. The third-order valence-electron chi connectivity index (χ3n) is 2.44. The van der Waals surface area contributed by atoms with E-state index in [1.54, 1.807) is 0 Å². The molecule has 0 bridgehead atoms. The van der Waals surface area contributed by atoms with E-state index in [2.05, 4.69) is 24.5 Å². The van der Waals surface area contributed by atoms with Crippen molar-refractivity contribution in [3.63, 3.8) is 0 Å². The van der Waals surface area contributed by atoms with E-state index in [9.17, 15) is 9.59 Å². The summed E-state index contributed by atoms with van der Waals surface area (Å²) in [5.41, 5.74) is 0. The lowest BCUT2D eigenvalue weighted by Gasteiger charge is -2.17. The second-order valence-electron chi connectivity index (χ2n) is 4.14. The summed E-state index contributed by atoms with van der Waals surface area (Å²) in [6, 6.07) is -1.29. The molecule has 5 nitrogen and oxygen atoms in total. The van der Waals surface area contributed by atoms with Gasteiger partial charge in [-0.15, -0.1) is 0 Å². The van der Waals surface area contributed by atoms with Gasteiger partial charge in [-0.2, -0.15) is 0 Å². The molecule has 0 spiro atoms. The lowest BCUT2D eigenvalue weighted by atomic mass is 9.98. The van der Waals surface area contributed by atoms with Gasteiger partial charge in [0.2, 0.25) is 0 Å². The van der Waals surface area contributed by atoms with Crippen molar-refractivity contribution in [2.45, 2.75) is 33.7 Å². The summed E-state index contributed by atoms with van der Waals surface area (Å²) in [5.74, 6) is -0.180. The van der Waals surface area contributed by atoms with Crippen LogP contribution in [0.1, 0.15) is 27.7 Å². The Kier molecular flexibility index (Phi) is 5.74. The van der Waals surface area contributed by atoms with Crippen LogP contribution >= 0.6 is 0 Å². The Labute approximate surface area is 90.2 Å². The number of aliphatic carboxylic acids is 1. The monoisotopic (exact) mass is 216 g/mol. The first-order valence-corrected chi connectivity index (χ1v) is 5.11. The Hall–Kier alpha value is -1.26. The molecule has 0 radical (unpaired) electrons. The number of urea groups is 1. The van der Waals surface area contributed by atoms with E-state index >= 15 is 0 Å². The fourth-order valence-electron chi connectivity index (χ4n) is 0.799. The van der Waals surface area contributed by atoms with Crippen molar-refractivity contribution in [2.24, 2.45) is 11.8 Å². The van der Waals surface area contributed by atoms with Crippen LogP contribution in [0.3, 0.4) is 0 Å². The highest BCUT2D eigenvalue weighted by Gasteiger charge is 2.14. The molecule has 0 fully saturated rings. The highest BCUT2D eigenvalue weighted by Crippen LogP contribution is 2.07. The molecule has 2 amide bonds. The van der Waals surface area contributed by atoms with Crippen LogP contribution in [-0.4, -0.2) is 29.7 Å². The van der Waals surface area contributed by atoms with Crippen molar-refractivity contribution < 1.29 is 14.7 Å². The quantitative estimate of drug-likeness (QED) is 0.642. The number of carboxylic acids is 1. The van der Waals surface area contributed by atoms with Crippen LogP contribution in [0.25, 0.3) is 0 Å². The average molecular weight is 216 g/mol. The predicted octanol–water partition coefficient (Wildman–Crippen LogP) is 1.05. The van der Waals surface area contributed by atoms with Gasteiger partial charge in [0.1, 0.15) is 6.04 Å². The van der Waals surface area contributed by atoms with Crippen LogP contribution in [0, 0.1) is 11.8 Å². The van der Waals surface area contributed by atoms with Gasteiger partial charge in [0.15, 0.2) is 0 Å². The molecule has 88 valence electrons. The third-order valence-corrected chi connectivity index (χ3v) is 2.44. The van der Waals surface area contributed by atoms with Crippen molar-refractivity contribution in [1.29, 1.82) is 0 Å². The standard InChI is InChI=1S/C10H20N2O3/c1-6(2)7(3)5-11-10(15)12-8(4)9(13)14/h6-8H,5H2,1-4H3,(H,13,14)(H2,11,12,15)/t7?,8-/m0/s1. The maximum atomic E-state index is 11.2. The van der Waals surface area contributed by atoms with E-state index in [1.165, 1.54) is 6.92 Å². The van der Waals surface area contributed by atoms with Gasteiger partial charge in [-0.1, -0.05) is 20.8 Å². The van der Waals surface area contributed by atoms with Crippen molar-refractivity contribution in [3.8, 4) is 0 Å². The Morgan fingerprint density at radius 3 is 2.13 bits per heavy atom. The number of hydrogen-bond donors (Lipinski definition) is 3. The second-order valence-corrected chi connectivity index (χ2v) is 4.14. The van der Waals surface area contributed by atoms with Gasteiger partial charge in [-0.05, 0) is 18.8 Å². The van der Waals surface area contributed by atoms with Crippen LogP contribution < -0.4 is 10.6 Å². The molecule has 2 atom stereocenters. The Morgan fingerprint density at radius 1 is 1.20 bits per heavy atom. The third kappa shape index (κ3) is 5.93. The van der Waals surface area contributed by atoms with Crippen LogP contribution in [-0.2, 0) is 4.79 Å². The molecule has 0 aliphatic rings. The van der Waals surface area contributed by atoms with Crippen LogP contribution in [0.5, 0.6) is 0 Å². The molecule has 0 rings (SSSR count). The molecule has 1 unspecified atom stereocenters. The number of hydrogen-bond acceptors (Lipinski definition) is 2. The maximum absolute atomic E-state index is 11.2. The second kappa shape index (κ2) is 6.27. The lowest BCUT2D eigenvalue weighted by molar-refractivity contribution is -0.138. The summed E-state index contributed by atoms with van der Waals surface area (Å²) >= 11 is 0. The zero-order valence-corrected chi connectivity index (χ0v) is 9.70. The smallest absolute Gasteiger partial charge is 0.325 e. The number of carboxylic acid groups (broad SMARTS) is 1. The zero-order chi connectivity index (χ0) is 12.0. The minimum absolute atomic E-state index is 0.371. The number of amides is 2. The van der Waals surface area contributed by atoms with Crippen molar-refractivity contribution >= 4 is 12.0 Å². The molecule has 0 saturated carbocycles. The molecular formula is C10H20N2O3. The van der Waals surface area contributed by atoms with Crippen LogP contribution in [0.4, 0.5) is 4.79 Å². The first-order valence-electron chi connectivity index (χ1n) is 5.11. The minimum Gasteiger partial charge on any atom is -0.480 e. The summed E-state index contributed by atoms with van der Waals surface area (Å²) in [4.78, 5) is 21.6. The molecule has 0 aromatic heterocycles. The van der Waals surface area contributed by atoms with Gasteiger partial charge in [0.25, 0.3) is 0 Å².